The van der Waals surface area contributed by atoms with Crippen LogP contribution in [0.3, 0.4) is 0 Å². The maximum absolute atomic E-state index is 14.3. The van der Waals surface area contributed by atoms with E-state index in [0.29, 0.717) is 12.2 Å². The van der Waals surface area contributed by atoms with Gasteiger partial charge in [0.15, 0.2) is 34.7 Å². The van der Waals surface area contributed by atoms with Gasteiger partial charge in [-0.2, -0.15) is 5.10 Å². The molecule has 3 N–H and O–H groups in total. The van der Waals surface area contributed by atoms with Crippen LogP contribution in [-0.2, 0) is 13.0 Å². The number of hydrogen-bond donors (Lipinski definition) is 3. The SMILES string of the molecule is COc1cc(OC)c(F)c(COc2cnc(Nc3cc(CCO)[nH]n3)nc2)c1F. The molecule has 3 rings (SSSR count). The van der Waals surface area contributed by atoms with E-state index >= 15 is 0 Å². The second kappa shape index (κ2) is 9.15. The highest BCUT2D eigenvalue weighted by molar-refractivity contribution is 5.48. The molecule has 154 valence electrons. The van der Waals surface area contributed by atoms with Gasteiger partial charge in [0.25, 0.3) is 0 Å². The summed E-state index contributed by atoms with van der Waals surface area (Å²) in [4.78, 5) is 8.13. The summed E-state index contributed by atoms with van der Waals surface area (Å²) in [7, 11) is 2.54. The Hall–Kier alpha value is -3.47. The zero-order valence-corrected chi connectivity index (χ0v) is 15.7. The van der Waals surface area contributed by atoms with E-state index in [-0.39, 0.29) is 35.4 Å². The molecular formula is C18H19F2N5O4. The quantitative estimate of drug-likeness (QED) is 0.495. The number of nitrogens with one attached hydrogen (secondary N) is 2. The molecule has 0 fully saturated rings. The van der Waals surface area contributed by atoms with E-state index in [1.807, 2.05) is 0 Å². The number of rotatable bonds is 9. The largest absolute Gasteiger partial charge is 0.494 e. The molecule has 0 atom stereocenters. The van der Waals surface area contributed by atoms with Gasteiger partial charge in [0.2, 0.25) is 5.95 Å². The van der Waals surface area contributed by atoms with Crippen LogP contribution in [-0.4, -0.2) is 46.1 Å². The summed E-state index contributed by atoms with van der Waals surface area (Å²) in [6.45, 7) is -0.407. The third kappa shape index (κ3) is 4.69. The van der Waals surface area contributed by atoms with Crippen LogP contribution in [0.4, 0.5) is 20.5 Å². The standard InChI is InChI=1S/C18H19F2N5O4/c1-27-13-6-14(28-2)17(20)12(16(13)19)9-29-11-7-21-18(22-8-11)23-15-5-10(3-4-26)24-25-15/h5-8,26H,3-4,9H2,1-2H3,(H2,21,22,23,24,25). The number of H-pyrrole nitrogens is 1. The van der Waals surface area contributed by atoms with Gasteiger partial charge in [0.05, 0.1) is 32.2 Å². The van der Waals surface area contributed by atoms with Crippen molar-refractivity contribution >= 4 is 11.8 Å². The minimum absolute atomic E-state index is 0.00448. The van der Waals surface area contributed by atoms with Crippen LogP contribution in [0.2, 0.25) is 0 Å². The maximum atomic E-state index is 14.3. The van der Waals surface area contributed by atoms with Crippen molar-refractivity contribution in [1.29, 1.82) is 0 Å². The van der Waals surface area contributed by atoms with Gasteiger partial charge in [-0.05, 0) is 0 Å². The van der Waals surface area contributed by atoms with E-state index in [2.05, 4.69) is 25.5 Å². The Bertz CT molecular complexity index is 937. The number of aromatic nitrogens is 4. The summed E-state index contributed by atoms with van der Waals surface area (Å²) in [5.74, 6) is -1.12. The van der Waals surface area contributed by atoms with E-state index in [1.165, 1.54) is 26.6 Å². The van der Waals surface area contributed by atoms with E-state index in [9.17, 15) is 8.78 Å². The number of benzene rings is 1. The third-order valence-electron chi connectivity index (χ3n) is 3.93. The highest BCUT2D eigenvalue weighted by Gasteiger charge is 2.20. The van der Waals surface area contributed by atoms with Crippen molar-refractivity contribution in [2.45, 2.75) is 13.0 Å². The van der Waals surface area contributed by atoms with Gasteiger partial charge in [0.1, 0.15) is 6.61 Å². The van der Waals surface area contributed by atoms with Crippen LogP contribution in [0.25, 0.3) is 0 Å². The Morgan fingerprint density at radius 3 is 2.31 bits per heavy atom. The molecule has 3 aromatic rings. The highest BCUT2D eigenvalue weighted by Crippen LogP contribution is 2.31. The summed E-state index contributed by atoms with van der Waals surface area (Å²) in [6.07, 6.45) is 3.15. The lowest BCUT2D eigenvalue weighted by atomic mass is 10.1. The van der Waals surface area contributed by atoms with Crippen molar-refractivity contribution in [1.82, 2.24) is 20.2 Å². The molecule has 29 heavy (non-hydrogen) atoms. The number of halogens is 2. The molecule has 11 heteroatoms. The van der Waals surface area contributed by atoms with Crippen LogP contribution in [0.1, 0.15) is 11.3 Å². The fourth-order valence-electron chi connectivity index (χ4n) is 2.46. The smallest absolute Gasteiger partial charge is 0.228 e. The molecule has 0 saturated carbocycles. The number of nitrogens with zero attached hydrogens (tertiary/aromatic N) is 3. The number of hydrogen-bond acceptors (Lipinski definition) is 8. The normalized spacial score (nSPS) is 10.7. The Balaban J connectivity index is 1.67. The molecule has 0 aliphatic rings. The number of ether oxygens (including phenoxy) is 3. The topological polar surface area (TPSA) is 114 Å². The first-order valence-corrected chi connectivity index (χ1v) is 8.51. The van der Waals surface area contributed by atoms with Crippen LogP contribution in [0, 0.1) is 11.6 Å². The monoisotopic (exact) mass is 407 g/mol. The first kappa shape index (κ1) is 20.3. The summed E-state index contributed by atoms with van der Waals surface area (Å²) in [5.41, 5.74) is 0.420. The molecule has 2 aromatic heterocycles. The van der Waals surface area contributed by atoms with E-state index in [0.717, 1.165) is 11.8 Å². The van der Waals surface area contributed by atoms with E-state index in [4.69, 9.17) is 19.3 Å². The van der Waals surface area contributed by atoms with Crippen molar-refractivity contribution in [2.24, 2.45) is 0 Å². The van der Waals surface area contributed by atoms with Gasteiger partial charge in [-0.1, -0.05) is 0 Å². The minimum Gasteiger partial charge on any atom is -0.494 e. The summed E-state index contributed by atoms with van der Waals surface area (Å²) in [6, 6.07) is 2.84. The van der Waals surface area contributed by atoms with Crippen LogP contribution in [0.15, 0.2) is 24.5 Å². The Morgan fingerprint density at radius 2 is 1.72 bits per heavy atom. The second-order valence-electron chi connectivity index (χ2n) is 5.80. The number of aliphatic hydroxyl groups is 1. The Morgan fingerprint density at radius 1 is 1.07 bits per heavy atom. The molecule has 1 aromatic carbocycles. The maximum Gasteiger partial charge on any atom is 0.228 e. The second-order valence-corrected chi connectivity index (χ2v) is 5.80. The molecule has 9 nitrogen and oxygen atoms in total. The fourth-order valence-corrected chi connectivity index (χ4v) is 2.46. The molecule has 0 radical (unpaired) electrons. The lowest BCUT2D eigenvalue weighted by molar-refractivity contribution is 0.280. The average Bonchev–Trinajstić information content (AvgIpc) is 3.16. The van der Waals surface area contributed by atoms with Gasteiger partial charge in [-0.25, -0.2) is 18.7 Å². The van der Waals surface area contributed by atoms with Gasteiger partial charge in [-0.3, -0.25) is 5.10 Å². The van der Waals surface area contributed by atoms with Crippen molar-refractivity contribution in [3.63, 3.8) is 0 Å². The molecule has 0 saturated heterocycles. The summed E-state index contributed by atoms with van der Waals surface area (Å²) < 4.78 is 43.9. The molecule has 0 unspecified atom stereocenters. The van der Waals surface area contributed by atoms with Crippen molar-refractivity contribution in [2.75, 3.05) is 26.1 Å². The molecule has 0 amide bonds. The Labute approximate surface area is 164 Å². The first-order valence-electron chi connectivity index (χ1n) is 8.51. The molecule has 0 aliphatic heterocycles. The van der Waals surface area contributed by atoms with Crippen LogP contribution < -0.4 is 19.5 Å². The lowest BCUT2D eigenvalue weighted by Crippen LogP contribution is -2.06. The molecule has 0 aliphatic carbocycles. The van der Waals surface area contributed by atoms with Gasteiger partial charge in [-0.15, -0.1) is 0 Å². The number of anilines is 2. The summed E-state index contributed by atoms with van der Waals surface area (Å²) in [5, 5.41) is 18.6. The van der Waals surface area contributed by atoms with Crippen LogP contribution in [0.5, 0.6) is 17.2 Å². The third-order valence-corrected chi connectivity index (χ3v) is 3.93. The van der Waals surface area contributed by atoms with Crippen molar-refractivity contribution in [3.05, 3.63) is 47.4 Å². The average molecular weight is 407 g/mol. The lowest BCUT2D eigenvalue weighted by Gasteiger charge is -2.13. The molecule has 0 spiro atoms. The molecule has 0 bridgehead atoms. The highest BCUT2D eigenvalue weighted by atomic mass is 19.1. The first-order chi connectivity index (χ1) is 14.0. The zero-order valence-electron chi connectivity index (χ0n) is 15.7. The van der Waals surface area contributed by atoms with Gasteiger partial charge < -0.3 is 24.6 Å². The van der Waals surface area contributed by atoms with Crippen LogP contribution >= 0.6 is 0 Å². The van der Waals surface area contributed by atoms with E-state index < -0.39 is 18.2 Å². The molecule has 2 heterocycles. The fraction of sp³-hybridized carbons (Fsp3) is 0.278. The van der Waals surface area contributed by atoms with Crippen molar-refractivity contribution < 1.29 is 28.1 Å². The van der Waals surface area contributed by atoms with E-state index in [1.54, 1.807) is 6.07 Å². The predicted octanol–water partition coefficient (Wildman–Crippen LogP) is 2.35. The number of aromatic amines is 1. The predicted molar refractivity (Wildman–Crippen MR) is 98.5 cm³/mol. The Kier molecular flexibility index (Phi) is 6.39. The van der Waals surface area contributed by atoms with Gasteiger partial charge >= 0.3 is 0 Å². The minimum atomic E-state index is -0.873. The van der Waals surface area contributed by atoms with Gasteiger partial charge in [0, 0.05) is 30.9 Å². The van der Waals surface area contributed by atoms with Crippen molar-refractivity contribution in [3.8, 4) is 17.2 Å². The molecular weight excluding hydrogens is 388 g/mol. The number of methoxy groups -OCH3 is 2. The number of aliphatic hydroxyl groups excluding tert-OH is 1. The summed E-state index contributed by atoms with van der Waals surface area (Å²) >= 11 is 0. The zero-order chi connectivity index (χ0) is 20.8.